The summed E-state index contributed by atoms with van der Waals surface area (Å²) in [6, 6.07) is 6.48. The Balaban J connectivity index is 1.88. The Hall–Kier alpha value is -2.12. The van der Waals surface area contributed by atoms with Crippen molar-refractivity contribution in [2.75, 3.05) is 31.2 Å². The third kappa shape index (κ3) is 2.70. The van der Waals surface area contributed by atoms with Crippen LogP contribution in [0.15, 0.2) is 24.3 Å². The molecule has 2 aliphatic heterocycles. The number of hydrogen-bond donors (Lipinski definition) is 2. The standard InChI is InChI=1S/C14H16N2O5/c17-13(9-8-20-6-5-15-9)16-7-12(14(18)19)21-11-4-2-1-3-10(11)16/h1-4,9,12,15H,5-8H2,(H,18,19). The number of amides is 1. The maximum Gasteiger partial charge on any atom is 0.346 e. The van der Waals surface area contributed by atoms with E-state index in [1.54, 1.807) is 24.3 Å². The van der Waals surface area contributed by atoms with Crippen LogP contribution in [0.4, 0.5) is 5.69 Å². The topological polar surface area (TPSA) is 88.1 Å². The van der Waals surface area contributed by atoms with Crippen molar-refractivity contribution in [2.24, 2.45) is 0 Å². The Morgan fingerprint density at radius 1 is 1.33 bits per heavy atom. The Morgan fingerprint density at radius 2 is 2.14 bits per heavy atom. The lowest BCUT2D eigenvalue weighted by Crippen LogP contribution is -2.56. The molecule has 0 saturated carbocycles. The van der Waals surface area contributed by atoms with E-state index in [9.17, 15) is 14.7 Å². The molecule has 3 rings (SSSR count). The van der Waals surface area contributed by atoms with Gasteiger partial charge in [0.25, 0.3) is 0 Å². The zero-order chi connectivity index (χ0) is 14.8. The van der Waals surface area contributed by atoms with Crippen LogP contribution in [0.3, 0.4) is 0 Å². The van der Waals surface area contributed by atoms with Crippen LogP contribution < -0.4 is 15.0 Å². The van der Waals surface area contributed by atoms with Crippen molar-refractivity contribution in [2.45, 2.75) is 12.1 Å². The molecule has 0 bridgehead atoms. The summed E-state index contributed by atoms with van der Waals surface area (Å²) in [7, 11) is 0. The molecular formula is C14H16N2O5. The summed E-state index contributed by atoms with van der Waals surface area (Å²) in [5.74, 6) is -0.881. The van der Waals surface area contributed by atoms with E-state index in [4.69, 9.17) is 9.47 Å². The normalized spacial score (nSPS) is 24.9. The summed E-state index contributed by atoms with van der Waals surface area (Å²) in [6.45, 7) is 1.45. The van der Waals surface area contributed by atoms with Gasteiger partial charge in [0.05, 0.1) is 25.4 Å². The van der Waals surface area contributed by atoms with E-state index in [0.717, 1.165) is 0 Å². The summed E-state index contributed by atoms with van der Waals surface area (Å²) in [5.41, 5.74) is 0.590. The lowest BCUT2D eigenvalue weighted by molar-refractivity contribution is -0.145. The van der Waals surface area contributed by atoms with E-state index < -0.39 is 18.1 Å². The highest BCUT2D eigenvalue weighted by molar-refractivity contribution is 6.00. The van der Waals surface area contributed by atoms with Crippen molar-refractivity contribution in [3.05, 3.63) is 24.3 Å². The van der Waals surface area contributed by atoms with Crippen molar-refractivity contribution in [1.29, 1.82) is 0 Å². The Labute approximate surface area is 121 Å². The van der Waals surface area contributed by atoms with Crippen molar-refractivity contribution >= 4 is 17.6 Å². The lowest BCUT2D eigenvalue weighted by Gasteiger charge is -2.36. The number of carbonyl (C=O) groups excluding carboxylic acids is 1. The number of rotatable bonds is 2. The number of carboxylic acids is 1. The van der Waals surface area contributed by atoms with Gasteiger partial charge in [0.2, 0.25) is 12.0 Å². The van der Waals surface area contributed by atoms with E-state index in [-0.39, 0.29) is 19.1 Å². The first-order valence-corrected chi connectivity index (χ1v) is 6.78. The molecule has 0 spiro atoms. The molecule has 7 heteroatoms. The molecule has 1 amide bonds. The number of nitrogens with one attached hydrogen (secondary N) is 1. The highest BCUT2D eigenvalue weighted by Gasteiger charge is 2.36. The van der Waals surface area contributed by atoms with Crippen LogP contribution >= 0.6 is 0 Å². The van der Waals surface area contributed by atoms with Crippen LogP contribution in [-0.4, -0.2) is 55.4 Å². The van der Waals surface area contributed by atoms with Crippen LogP contribution in [-0.2, 0) is 14.3 Å². The predicted octanol–water partition coefficient (Wildman–Crippen LogP) is -0.146. The molecule has 0 aliphatic carbocycles. The number of nitrogens with zero attached hydrogens (tertiary/aromatic N) is 1. The van der Waals surface area contributed by atoms with E-state index in [1.165, 1.54) is 4.90 Å². The number of carboxylic acid groups (broad SMARTS) is 1. The fourth-order valence-electron chi connectivity index (χ4n) is 2.48. The molecule has 1 aromatic carbocycles. The van der Waals surface area contributed by atoms with Gasteiger partial charge in [-0.2, -0.15) is 0 Å². The molecule has 112 valence electrons. The van der Waals surface area contributed by atoms with Gasteiger partial charge in [-0.15, -0.1) is 0 Å². The highest BCUT2D eigenvalue weighted by atomic mass is 16.5. The summed E-state index contributed by atoms with van der Waals surface area (Å²) in [4.78, 5) is 25.3. The molecule has 1 saturated heterocycles. The molecule has 2 atom stereocenters. The van der Waals surface area contributed by atoms with Crippen molar-refractivity contribution < 1.29 is 24.2 Å². The molecule has 2 aliphatic rings. The van der Waals surface area contributed by atoms with Gasteiger partial charge >= 0.3 is 5.97 Å². The Kier molecular flexibility index (Phi) is 3.76. The van der Waals surface area contributed by atoms with Gasteiger partial charge in [-0.1, -0.05) is 12.1 Å². The van der Waals surface area contributed by atoms with Gasteiger partial charge in [0.15, 0.2) is 0 Å². The molecule has 7 nitrogen and oxygen atoms in total. The number of aliphatic carboxylic acids is 1. The fraction of sp³-hybridized carbons (Fsp3) is 0.429. The second-order valence-electron chi connectivity index (χ2n) is 4.94. The molecule has 1 aromatic rings. The molecule has 2 N–H and O–H groups in total. The molecule has 0 radical (unpaired) electrons. The van der Waals surface area contributed by atoms with Gasteiger partial charge < -0.3 is 24.8 Å². The van der Waals surface area contributed by atoms with E-state index in [1.807, 2.05) is 0 Å². The monoisotopic (exact) mass is 292 g/mol. The van der Waals surface area contributed by atoms with Crippen LogP contribution in [0.2, 0.25) is 0 Å². The summed E-state index contributed by atoms with van der Waals surface area (Å²) in [5, 5.41) is 12.3. The number of morpholine rings is 1. The van der Waals surface area contributed by atoms with Crippen molar-refractivity contribution in [1.82, 2.24) is 5.32 Å². The van der Waals surface area contributed by atoms with Gasteiger partial charge in [0.1, 0.15) is 11.8 Å². The van der Waals surface area contributed by atoms with E-state index >= 15 is 0 Å². The second-order valence-corrected chi connectivity index (χ2v) is 4.94. The molecule has 1 fully saturated rings. The van der Waals surface area contributed by atoms with Crippen molar-refractivity contribution in [3.63, 3.8) is 0 Å². The summed E-state index contributed by atoms with van der Waals surface area (Å²) < 4.78 is 10.7. The van der Waals surface area contributed by atoms with Crippen LogP contribution in [0.5, 0.6) is 5.75 Å². The van der Waals surface area contributed by atoms with Gasteiger partial charge in [-0.25, -0.2) is 4.79 Å². The first kappa shape index (κ1) is 13.8. The SMILES string of the molecule is O=C(O)C1CN(C(=O)C2COCCN2)c2ccccc2O1. The first-order chi connectivity index (χ1) is 10.2. The fourth-order valence-corrected chi connectivity index (χ4v) is 2.48. The number of carbonyl (C=O) groups is 2. The minimum Gasteiger partial charge on any atom is -0.478 e. The van der Waals surface area contributed by atoms with Crippen LogP contribution in [0.25, 0.3) is 0 Å². The maximum atomic E-state index is 12.6. The zero-order valence-electron chi connectivity index (χ0n) is 11.3. The number of fused-ring (bicyclic) bond motifs is 1. The number of ether oxygens (including phenoxy) is 2. The van der Waals surface area contributed by atoms with E-state index in [2.05, 4.69) is 5.32 Å². The molecule has 21 heavy (non-hydrogen) atoms. The smallest absolute Gasteiger partial charge is 0.346 e. The minimum absolute atomic E-state index is 0.0106. The Morgan fingerprint density at radius 3 is 2.86 bits per heavy atom. The summed E-state index contributed by atoms with van der Waals surface area (Å²) >= 11 is 0. The third-order valence-electron chi connectivity index (χ3n) is 3.53. The van der Waals surface area contributed by atoms with Crippen LogP contribution in [0.1, 0.15) is 0 Å². The highest BCUT2D eigenvalue weighted by Crippen LogP contribution is 2.33. The largest absolute Gasteiger partial charge is 0.478 e. The average Bonchev–Trinajstić information content (AvgIpc) is 2.54. The number of benzene rings is 1. The zero-order valence-corrected chi connectivity index (χ0v) is 11.3. The van der Waals surface area contributed by atoms with Gasteiger partial charge in [0, 0.05) is 6.54 Å². The average molecular weight is 292 g/mol. The number of hydrogen-bond acceptors (Lipinski definition) is 5. The lowest BCUT2D eigenvalue weighted by atomic mass is 10.1. The maximum absolute atomic E-state index is 12.6. The van der Waals surface area contributed by atoms with Crippen LogP contribution in [0, 0.1) is 0 Å². The molecular weight excluding hydrogens is 276 g/mol. The van der Waals surface area contributed by atoms with Gasteiger partial charge in [-0.05, 0) is 12.1 Å². The molecule has 0 aromatic heterocycles. The van der Waals surface area contributed by atoms with E-state index in [0.29, 0.717) is 24.6 Å². The predicted molar refractivity (Wildman–Crippen MR) is 73.5 cm³/mol. The first-order valence-electron chi connectivity index (χ1n) is 6.78. The number of anilines is 1. The Bertz CT molecular complexity index is 556. The quantitative estimate of drug-likeness (QED) is 0.788. The van der Waals surface area contributed by atoms with Gasteiger partial charge in [-0.3, -0.25) is 4.79 Å². The number of para-hydroxylation sites is 2. The van der Waals surface area contributed by atoms with Crippen molar-refractivity contribution in [3.8, 4) is 5.75 Å². The molecule has 2 heterocycles. The molecule has 2 unspecified atom stereocenters. The second kappa shape index (κ2) is 5.71. The summed E-state index contributed by atoms with van der Waals surface area (Å²) in [6.07, 6.45) is -1.06. The minimum atomic E-state index is -1.09. The third-order valence-corrected chi connectivity index (χ3v) is 3.53.